The first-order chi connectivity index (χ1) is 15.0. The lowest BCUT2D eigenvalue weighted by Gasteiger charge is -2.18. The van der Waals surface area contributed by atoms with E-state index < -0.39 is 21.8 Å². The molecule has 1 unspecified atom stereocenters. The molecule has 0 fully saturated rings. The third-order valence-electron chi connectivity index (χ3n) is 4.64. The van der Waals surface area contributed by atoms with Crippen LogP contribution >= 0.6 is 0 Å². The number of furan rings is 1. The molecular formula is C23H24N2O5S. The predicted molar refractivity (Wildman–Crippen MR) is 116 cm³/mol. The Balaban J connectivity index is 1.58. The molecule has 0 bridgehead atoms. The molecule has 0 saturated carbocycles. The number of carbonyl (C=O) groups excluding carboxylic acids is 2. The number of sulfone groups is 1. The first kappa shape index (κ1) is 22.3. The molecule has 2 aromatic carbocycles. The van der Waals surface area contributed by atoms with Gasteiger partial charge >= 0.3 is 0 Å². The number of carbonyl (C=O) groups is 2. The van der Waals surface area contributed by atoms with E-state index in [2.05, 4.69) is 10.6 Å². The number of hydrogen-bond donors (Lipinski definition) is 2. The summed E-state index contributed by atoms with van der Waals surface area (Å²) < 4.78 is 29.8. The quantitative estimate of drug-likeness (QED) is 0.472. The number of nitrogens with one attached hydrogen (secondary N) is 2. The lowest BCUT2D eigenvalue weighted by molar-refractivity contribution is -0.122. The molecule has 0 aliphatic heterocycles. The minimum atomic E-state index is -3.41. The molecule has 3 aromatic rings. The molecule has 1 heterocycles. The summed E-state index contributed by atoms with van der Waals surface area (Å²) in [7, 11) is -3.41. The van der Waals surface area contributed by atoms with Crippen molar-refractivity contribution < 1.29 is 22.4 Å². The number of rotatable bonds is 10. The second-order valence-corrected chi connectivity index (χ2v) is 9.08. The number of benzene rings is 2. The van der Waals surface area contributed by atoms with E-state index in [0.29, 0.717) is 6.42 Å². The second-order valence-electron chi connectivity index (χ2n) is 6.97. The molecule has 0 spiro atoms. The van der Waals surface area contributed by atoms with Gasteiger partial charge in [0.15, 0.2) is 15.6 Å². The largest absolute Gasteiger partial charge is 0.459 e. The standard InChI is InChI=1S/C23H24N2O5S/c26-22(24-14-8-16-31(28,29)19-11-5-2-6-12-19)20(17-18-9-3-1-4-10-18)25-23(27)21-13-7-15-30-21/h1-7,9-13,15,20H,8,14,16-17H2,(H,24,26)(H,25,27). The van der Waals surface area contributed by atoms with Gasteiger partial charge in [-0.05, 0) is 36.2 Å². The second kappa shape index (κ2) is 10.6. The van der Waals surface area contributed by atoms with E-state index in [0.717, 1.165) is 5.56 Å². The van der Waals surface area contributed by atoms with Gasteiger partial charge < -0.3 is 15.1 Å². The highest BCUT2D eigenvalue weighted by Gasteiger charge is 2.23. The Labute approximate surface area is 181 Å². The molecule has 3 rings (SSSR count). The first-order valence-corrected chi connectivity index (χ1v) is 11.5. The van der Waals surface area contributed by atoms with Gasteiger partial charge in [0, 0.05) is 13.0 Å². The highest BCUT2D eigenvalue weighted by molar-refractivity contribution is 7.91. The summed E-state index contributed by atoms with van der Waals surface area (Å²) in [4.78, 5) is 25.4. The molecule has 162 valence electrons. The third kappa shape index (κ3) is 6.55. The Morgan fingerprint density at radius 2 is 1.58 bits per heavy atom. The van der Waals surface area contributed by atoms with Gasteiger partial charge in [0.25, 0.3) is 5.91 Å². The average Bonchev–Trinajstić information content (AvgIpc) is 3.33. The van der Waals surface area contributed by atoms with Crippen LogP contribution < -0.4 is 10.6 Å². The van der Waals surface area contributed by atoms with Crippen molar-refractivity contribution in [3.05, 3.63) is 90.4 Å². The van der Waals surface area contributed by atoms with Crippen LogP contribution in [-0.2, 0) is 21.1 Å². The number of hydrogen-bond acceptors (Lipinski definition) is 5. The minimum Gasteiger partial charge on any atom is -0.459 e. The maximum atomic E-state index is 12.7. The molecule has 2 N–H and O–H groups in total. The summed E-state index contributed by atoms with van der Waals surface area (Å²) in [6.45, 7) is 0.173. The van der Waals surface area contributed by atoms with E-state index >= 15 is 0 Å². The fraction of sp³-hybridized carbons (Fsp3) is 0.217. The fourth-order valence-corrected chi connectivity index (χ4v) is 4.37. The summed E-state index contributed by atoms with van der Waals surface area (Å²) >= 11 is 0. The Kier molecular flexibility index (Phi) is 7.61. The van der Waals surface area contributed by atoms with E-state index in [4.69, 9.17) is 4.42 Å². The molecule has 8 heteroatoms. The molecule has 1 atom stereocenters. The van der Waals surface area contributed by atoms with Gasteiger partial charge in [0.05, 0.1) is 16.9 Å². The van der Waals surface area contributed by atoms with Crippen LogP contribution in [0.15, 0.2) is 88.4 Å². The zero-order valence-electron chi connectivity index (χ0n) is 16.9. The lowest BCUT2D eigenvalue weighted by atomic mass is 10.0. The van der Waals surface area contributed by atoms with Gasteiger partial charge in [0.2, 0.25) is 5.91 Å². The molecule has 1 aromatic heterocycles. The molecule has 2 amide bonds. The monoisotopic (exact) mass is 440 g/mol. The van der Waals surface area contributed by atoms with Crippen LogP contribution in [0.25, 0.3) is 0 Å². The lowest BCUT2D eigenvalue weighted by Crippen LogP contribution is -2.48. The van der Waals surface area contributed by atoms with E-state index in [1.807, 2.05) is 30.3 Å². The van der Waals surface area contributed by atoms with Crippen molar-refractivity contribution in [2.75, 3.05) is 12.3 Å². The molecule has 31 heavy (non-hydrogen) atoms. The van der Waals surface area contributed by atoms with Crippen molar-refractivity contribution in [2.24, 2.45) is 0 Å². The fourth-order valence-electron chi connectivity index (χ4n) is 3.04. The zero-order chi connectivity index (χ0) is 22.1. The van der Waals surface area contributed by atoms with Crippen LogP contribution in [0.1, 0.15) is 22.5 Å². The Morgan fingerprint density at radius 1 is 0.903 bits per heavy atom. The zero-order valence-corrected chi connectivity index (χ0v) is 17.7. The van der Waals surface area contributed by atoms with Crippen molar-refractivity contribution in [1.82, 2.24) is 10.6 Å². The molecule has 0 saturated heterocycles. The highest BCUT2D eigenvalue weighted by atomic mass is 32.2. The molecule has 7 nitrogen and oxygen atoms in total. The van der Waals surface area contributed by atoms with Crippen LogP contribution in [0.5, 0.6) is 0 Å². The van der Waals surface area contributed by atoms with Crippen LogP contribution in [0, 0.1) is 0 Å². The summed E-state index contributed by atoms with van der Waals surface area (Å²) in [6.07, 6.45) is 1.93. The number of amides is 2. The van der Waals surface area contributed by atoms with Gasteiger partial charge in [-0.25, -0.2) is 8.42 Å². The normalized spacial score (nSPS) is 12.1. The predicted octanol–water partition coefficient (Wildman–Crippen LogP) is 2.60. The maximum Gasteiger partial charge on any atom is 0.287 e. The highest BCUT2D eigenvalue weighted by Crippen LogP contribution is 2.11. The Morgan fingerprint density at radius 3 is 2.23 bits per heavy atom. The van der Waals surface area contributed by atoms with Gasteiger partial charge in [-0.15, -0.1) is 0 Å². The van der Waals surface area contributed by atoms with Gasteiger partial charge in [-0.3, -0.25) is 9.59 Å². The van der Waals surface area contributed by atoms with E-state index in [9.17, 15) is 18.0 Å². The Hall–Kier alpha value is -3.39. The Bertz CT molecular complexity index is 1080. The summed E-state index contributed by atoms with van der Waals surface area (Å²) in [5.74, 6) is -0.854. The van der Waals surface area contributed by atoms with Crippen molar-refractivity contribution in [2.45, 2.75) is 23.8 Å². The van der Waals surface area contributed by atoms with Crippen molar-refractivity contribution in [3.63, 3.8) is 0 Å². The van der Waals surface area contributed by atoms with Crippen molar-refractivity contribution in [1.29, 1.82) is 0 Å². The third-order valence-corrected chi connectivity index (χ3v) is 6.46. The average molecular weight is 441 g/mol. The minimum absolute atomic E-state index is 0.0839. The molecular weight excluding hydrogens is 416 g/mol. The van der Waals surface area contributed by atoms with Crippen LogP contribution in [0.3, 0.4) is 0 Å². The molecule has 0 aliphatic rings. The summed E-state index contributed by atoms with van der Waals surface area (Å²) in [5, 5.41) is 5.42. The van der Waals surface area contributed by atoms with E-state index in [1.54, 1.807) is 36.4 Å². The van der Waals surface area contributed by atoms with Crippen molar-refractivity contribution >= 4 is 21.7 Å². The summed E-state index contributed by atoms with van der Waals surface area (Å²) in [6, 6.07) is 19.8. The SMILES string of the molecule is O=C(NC(Cc1ccccc1)C(=O)NCCCS(=O)(=O)c1ccccc1)c1ccco1. The first-order valence-electron chi connectivity index (χ1n) is 9.89. The van der Waals surface area contributed by atoms with Crippen LogP contribution in [-0.4, -0.2) is 38.6 Å². The molecule has 0 radical (unpaired) electrons. The van der Waals surface area contributed by atoms with Crippen molar-refractivity contribution in [3.8, 4) is 0 Å². The van der Waals surface area contributed by atoms with Crippen LogP contribution in [0.2, 0.25) is 0 Å². The molecule has 0 aliphatic carbocycles. The summed E-state index contributed by atoms with van der Waals surface area (Å²) in [5.41, 5.74) is 0.883. The van der Waals surface area contributed by atoms with Gasteiger partial charge in [-0.1, -0.05) is 48.5 Å². The topological polar surface area (TPSA) is 105 Å². The van der Waals surface area contributed by atoms with Crippen LogP contribution in [0.4, 0.5) is 0 Å². The maximum absolute atomic E-state index is 12.7. The van der Waals surface area contributed by atoms with Gasteiger partial charge in [0.1, 0.15) is 6.04 Å². The smallest absolute Gasteiger partial charge is 0.287 e. The van der Waals surface area contributed by atoms with E-state index in [1.165, 1.54) is 12.3 Å². The van der Waals surface area contributed by atoms with Gasteiger partial charge in [-0.2, -0.15) is 0 Å². The van der Waals surface area contributed by atoms with E-state index in [-0.39, 0.29) is 35.3 Å².